The van der Waals surface area contributed by atoms with Crippen molar-refractivity contribution in [3.63, 3.8) is 0 Å². The summed E-state index contributed by atoms with van der Waals surface area (Å²) in [5.41, 5.74) is 0.651. The van der Waals surface area contributed by atoms with Gasteiger partial charge in [0.2, 0.25) is 10.0 Å². The molecule has 2 aromatic rings. The zero-order chi connectivity index (χ0) is 14.0. The van der Waals surface area contributed by atoms with Gasteiger partial charge in [0.05, 0.1) is 17.1 Å². The van der Waals surface area contributed by atoms with Crippen LogP contribution in [0.5, 0.6) is 0 Å². The van der Waals surface area contributed by atoms with E-state index >= 15 is 0 Å². The Morgan fingerprint density at radius 2 is 2.26 bits per heavy atom. The van der Waals surface area contributed by atoms with Gasteiger partial charge in [-0.25, -0.2) is 17.9 Å². The molecule has 2 aromatic heterocycles. The maximum Gasteiger partial charge on any atom is 0.345 e. The molecule has 7 nitrogen and oxygen atoms in total. The normalized spacial score (nSPS) is 11.6. The van der Waals surface area contributed by atoms with Crippen molar-refractivity contribution in [3.8, 4) is 0 Å². The smallest absolute Gasteiger partial charge is 0.345 e. The number of sulfonamides is 1. The Hall–Kier alpha value is -1.71. The van der Waals surface area contributed by atoms with Gasteiger partial charge >= 0.3 is 5.97 Å². The number of rotatable bonds is 5. The van der Waals surface area contributed by atoms with Crippen LogP contribution < -0.4 is 4.72 Å². The molecule has 2 heterocycles. The lowest BCUT2D eigenvalue weighted by Crippen LogP contribution is -2.22. The van der Waals surface area contributed by atoms with Gasteiger partial charge in [-0.3, -0.25) is 0 Å². The molecule has 0 bridgehead atoms. The van der Waals surface area contributed by atoms with Gasteiger partial charge in [0, 0.05) is 11.4 Å². The summed E-state index contributed by atoms with van der Waals surface area (Å²) < 4.78 is 31.0. The van der Waals surface area contributed by atoms with Crippen LogP contribution >= 0.6 is 11.3 Å². The van der Waals surface area contributed by atoms with E-state index in [1.807, 2.05) is 0 Å². The third-order valence-corrected chi connectivity index (χ3v) is 4.66. The number of nitrogens with zero attached hydrogens (tertiary/aromatic N) is 1. The van der Waals surface area contributed by atoms with Gasteiger partial charge in [0.15, 0.2) is 5.76 Å². The van der Waals surface area contributed by atoms with Gasteiger partial charge in [0.1, 0.15) is 4.88 Å². The van der Waals surface area contributed by atoms with Crippen molar-refractivity contribution in [2.75, 3.05) is 0 Å². The predicted octanol–water partition coefficient (Wildman–Crippen LogP) is 1.22. The number of aromatic nitrogens is 1. The summed E-state index contributed by atoms with van der Waals surface area (Å²) in [4.78, 5) is 10.6. The van der Waals surface area contributed by atoms with E-state index in [4.69, 9.17) is 9.63 Å². The SMILES string of the molecule is Cc1cc(CNS(=O)(=O)c2csc(C(=O)O)c2)on1. The summed E-state index contributed by atoms with van der Waals surface area (Å²) in [5.74, 6) is -0.771. The van der Waals surface area contributed by atoms with E-state index in [-0.39, 0.29) is 16.3 Å². The van der Waals surface area contributed by atoms with Crippen molar-refractivity contribution in [2.24, 2.45) is 0 Å². The van der Waals surface area contributed by atoms with Crippen LogP contribution in [0.2, 0.25) is 0 Å². The molecule has 0 saturated heterocycles. The van der Waals surface area contributed by atoms with Crippen molar-refractivity contribution >= 4 is 27.3 Å². The van der Waals surface area contributed by atoms with E-state index in [2.05, 4.69) is 9.88 Å². The molecule has 0 aromatic carbocycles. The van der Waals surface area contributed by atoms with Crippen LogP contribution in [0.15, 0.2) is 26.9 Å². The average Bonchev–Trinajstić information content (AvgIpc) is 2.95. The summed E-state index contributed by atoms with van der Waals surface area (Å²) >= 11 is 0.856. The maximum atomic E-state index is 11.9. The highest BCUT2D eigenvalue weighted by Gasteiger charge is 2.18. The number of carboxylic acids is 1. The van der Waals surface area contributed by atoms with Crippen LogP contribution in [0.1, 0.15) is 21.1 Å². The van der Waals surface area contributed by atoms with Crippen LogP contribution in [0.25, 0.3) is 0 Å². The second-order valence-corrected chi connectivity index (χ2v) is 6.39. The van der Waals surface area contributed by atoms with E-state index in [0.29, 0.717) is 11.5 Å². The van der Waals surface area contributed by atoms with Gasteiger partial charge in [-0.05, 0) is 13.0 Å². The minimum absolute atomic E-state index is 0.0316. The molecule has 0 saturated carbocycles. The summed E-state index contributed by atoms with van der Waals surface area (Å²) in [6.07, 6.45) is 0. The lowest BCUT2D eigenvalue weighted by atomic mass is 10.4. The first kappa shape index (κ1) is 13.7. The molecule has 0 atom stereocenters. The second-order valence-electron chi connectivity index (χ2n) is 3.71. The van der Waals surface area contributed by atoms with Gasteiger partial charge < -0.3 is 9.63 Å². The standard InChI is InChI=1S/C10H10N2O5S2/c1-6-2-7(17-12-6)4-11-19(15,16)8-3-9(10(13)14)18-5-8/h2-3,5,11H,4H2,1H3,(H,13,14). The lowest BCUT2D eigenvalue weighted by molar-refractivity contribution is 0.0702. The number of nitrogens with one attached hydrogen (secondary N) is 1. The molecule has 0 fully saturated rings. The number of aromatic carboxylic acids is 1. The molecule has 0 aliphatic carbocycles. The Labute approximate surface area is 112 Å². The first-order chi connectivity index (χ1) is 8.88. The molecule has 0 aliphatic rings. The molecule has 19 heavy (non-hydrogen) atoms. The fourth-order valence-electron chi connectivity index (χ4n) is 1.32. The molecule has 9 heteroatoms. The van der Waals surface area contributed by atoms with Gasteiger partial charge in [-0.15, -0.1) is 11.3 Å². The highest BCUT2D eigenvalue weighted by molar-refractivity contribution is 7.89. The first-order valence-corrected chi connectivity index (χ1v) is 7.48. The van der Waals surface area contributed by atoms with Crippen LogP contribution in [0.3, 0.4) is 0 Å². The number of carbonyl (C=O) groups is 1. The molecule has 102 valence electrons. The second kappa shape index (κ2) is 5.11. The number of hydrogen-bond acceptors (Lipinski definition) is 6. The quantitative estimate of drug-likeness (QED) is 0.859. The van der Waals surface area contributed by atoms with E-state index in [0.717, 1.165) is 17.4 Å². The first-order valence-electron chi connectivity index (χ1n) is 5.12. The van der Waals surface area contributed by atoms with Gasteiger partial charge in [-0.1, -0.05) is 5.16 Å². The number of carboxylic acid groups (broad SMARTS) is 1. The minimum atomic E-state index is -3.75. The van der Waals surface area contributed by atoms with Crippen LogP contribution in [0.4, 0.5) is 0 Å². The van der Waals surface area contributed by atoms with Crippen molar-refractivity contribution in [1.29, 1.82) is 0 Å². The molecule has 2 N–H and O–H groups in total. The van der Waals surface area contributed by atoms with E-state index < -0.39 is 16.0 Å². The van der Waals surface area contributed by atoms with E-state index in [1.54, 1.807) is 13.0 Å². The average molecular weight is 302 g/mol. The molecular formula is C10H10N2O5S2. The van der Waals surface area contributed by atoms with Crippen molar-refractivity contribution in [3.05, 3.63) is 33.8 Å². The third kappa shape index (κ3) is 3.19. The van der Waals surface area contributed by atoms with Crippen LogP contribution in [-0.2, 0) is 16.6 Å². The lowest BCUT2D eigenvalue weighted by Gasteiger charge is -2.01. The highest BCUT2D eigenvalue weighted by Crippen LogP contribution is 2.19. The van der Waals surface area contributed by atoms with Crippen LogP contribution in [0, 0.1) is 6.92 Å². The predicted molar refractivity (Wildman–Crippen MR) is 66.5 cm³/mol. The zero-order valence-electron chi connectivity index (χ0n) is 9.78. The van der Waals surface area contributed by atoms with Crippen LogP contribution in [-0.4, -0.2) is 24.7 Å². The minimum Gasteiger partial charge on any atom is -0.477 e. The Morgan fingerprint density at radius 1 is 1.53 bits per heavy atom. The number of hydrogen-bond donors (Lipinski definition) is 2. The fourth-order valence-corrected chi connectivity index (χ4v) is 3.43. The van der Waals surface area contributed by atoms with Gasteiger partial charge in [0.25, 0.3) is 0 Å². The molecule has 0 aliphatic heterocycles. The topological polar surface area (TPSA) is 110 Å². The monoisotopic (exact) mass is 302 g/mol. The number of aryl methyl sites for hydroxylation is 1. The molecule has 0 amide bonds. The zero-order valence-corrected chi connectivity index (χ0v) is 11.4. The molecule has 0 radical (unpaired) electrons. The summed E-state index contributed by atoms with van der Waals surface area (Å²) in [5, 5.41) is 13.7. The van der Waals surface area contributed by atoms with Crippen molar-refractivity contribution in [2.45, 2.75) is 18.4 Å². The van der Waals surface area contributed by atoms with Crippen molar-refractivity contribution < 1.29 is 22.8 Å². The molecular weight excluding hydrogens is 292 g/mol. The largest absolute Gasteiger partial charge is 0.477 e. The Kier molecular flexibility index (Phi) is 3.69. The summed E-state index contributed by atoms with van der Waals surface area (Å²) in [6, 6.07) is 2.72. The molecule has 0 spiro atoms. The Balaban J connectivity index is 2.11. The van der Waals surface area contributed by atoms with E-state index in [9.17, 15) is 13.2 Å². The fraction of sp³-hybridized carbons (Fsp3) is 0.200. The Morgan fingerprint density at radius 3 is 2.79 bits per heavy atom. The molecule has 0 unspecified atom stereocenters. The highest BCUT2D eigenvalue weighted by atomic mass is 32.2. The molecule has 2 rings (SSSR count). The Bertz CT molecular complexity index is 701. The summed E-state index contributed by atoms with van der Waals surface area (Å²) in [7, 11) is -3.75. The van der Waals surface area contributed by atoms with E-state index in [1.165, 1.54) is 5.38 Å². The van der Waals surface area contributed by atoms with Crippen molar-refractivity contribution in [1.82, 2.24) is 9.88 Å². The third-order valence-electron chi connectivity index (χ3n) is 2.21. The maximum absolute atomic E-state index is 11.9. The summed E-state index contributed by atoms with van der Waals surface area (Å²) in [6.45, 7) is 1.68. The van der Waals surface area contributed by atoms with Gasteiger partial charge in [-0.2, -0.15) is 0 Å². The number of thiophene rings is 1.